The van der Waals surface area contributed by atoms with Crippen LogP contribution < -0.4 is 0 Å². The molecule has 1 amide bonds. The zero-order valence-corrected chi connectivity index (χ0v) is 9.77. The van der Waals surface area contributed by atoms with Crippen LogP contribution in [0.15, 0.2) is 30.3 Å². The zero-order chi connectivity index (χ0) is 12.7. The minimum absolute atomic E-state index is 0.234. The predicted octanol–water partition coefficient (Wildman–Crippen LogP) is -0.134. The van der Waals surface area contributed by atoms with Crippen LogP contribution in [-0.2, 0) is 16.1 Å². The summed E-state index contributed by atoms with van der Waals surface area (Å²) in [4.78, 5) is 13.5. The lowest BCUT2D eigenvalue weighted by Crippen LogP contribution is -2.35. The minimum Gasteiger partial charge on any atom is -0.380 e. The van der Waals surface area contributed by atoms with E-state index in [1.165, 1.54) is 0 Å². The number of carbonyl (C=O) groups excluding carboxylic acids is 1. The Kier molecular flexibility index (Phi) is 2.81. The quantitative estimate of drug-likeness (QED) is 0.765. The Morgan fingerprint density at radius 2 is 2.00 bits per heavy atom. The van der Waals surface area contributed by atoms with E-state index in [1.54, 1.807) is 4.90 Å². The van der Waals surface area contributed by atoms with Gasteiger partial charge in [-0.1, -0.05) is 30.3 Å². The van der Waals surface area contributed by atoms with Crippen molar-refractivity contribution >= 4 is 5.91 Å². The van der Waals surface area contributed by atoms with E-state index in [-0.39, 0.29) is 11.9 Å². The van der Waals surface area contributed by atoms with Crippen LogP contribution in [0.5, 0.6) is 0 Å². The molecule has 2 aliphatic heterocycles. The molecule has 2 heterocycles. The summed E-state index contributed by atoms with van der Waals surface area (Å²) in [6.07, 6.45) is -2.28. The first-order valence-corrected chi connectivity index (χ1v) is 6.03. The third kappa shape index (κ3) is 1.80. The highest BCUT2D eigenvalue weighted by atomic mass is 16.6. The van der Waals surface area contributed by atoms with E-state index >= 15 is 0 Å². The van der Waals surface area contributed by atoms with Crippen LogP contribution in [0.3, 0.4) is 0 Å². The molecule has 2 N–H and O–H groups in total. The fourth-order valence-electron chi connectivity index (χ4n) is 2.71. The number of aliphatic hydroxyl groups excluding tert-OH is 2. The van der Waals surface area contributed by atoms with E-state index in [2.05, 4.69) is 0 Å². The van der Waals surface area contributed by atoms with Crippen LogP contribution in [0.2, 0.25) is 0 Å². The van der Waals surface area contributed by atoms with E-state index in [1.807, 2.05) is 30.3 Å². The molecule has 0 radical (unpaired) electrons. The van der Waals surface area contributed by atoms with E-state index in [9.17, 15) is 15.0 Å². The van der Waals surface area contributed by atoms with Crippen molar-refractivity contribution < 1.29 is 19.7 Å². The molecule has 0 aromatic heterocycles. The van der Waals surface area contributed by atoms with Gasteiger partial charge in [0.25, 0.3) is 5.91 Å². The van der Waals surface area contributed by atoms with Crippen molar-refractivity contribution in [3.8, 4) is 0 Å². The van der Waals surface area contributed by atoms with E-state index < -0.39 is 18.5 Å². The van der Waals surface area contributed by atoms with Gasteiger partial charge < -0.3 is 19.8 Å². The molecule has 1 aromatic rings. The van der Waals surface area contributed by atoms with Crippen LogP contribution in [0.25, 0.3) is 0 Å². The fourth-order valence-corrected chi connectivity index (χ4v) is 2.71. The summed E-state index contributed by atoms with van der Waals surface area (Å²) in [5.74, 6) is -0.319. The molecule has 96 valence electrons. The van der Waals surface area contributed by atoms with Gasteiger partial charge in [0.05, 0.1) is 6.04 Å². The summed E-state index contributed by atoms with van der Waals surface area (Å²) in [5, 5.41) is 19.3. The zero-order valence-electron chi connectivity index (χ0n) is 9.77. The second-order valence-electron chi connectivity index (χ2n) is 4.75. The molecule has 2 saturated heterocycles. The molecule has 5 nitrogen and oxygen atoms in total. The van der Waals surface area contributed by atoms with Gasteiger partial charge in [-0.05, 0) is 5.56 Å². The number of rotatable bonds is 2. The monoisotopic (exact) mass is 249 g/mol. The number of hydrogen-bond acceptors (Lipinski definition) is 4. The molecule has 2 fully saturated rings. The fraction of sp³-hybridized carbons (Fsp3) is 0.462. The van der Waals surface area contributed by atoms with Gasteiger partial charge in [0, 0.05) is 13.0 Å². The molecular weight excluding hydrogens is 234 g/mol. The van der Waals surface area contributed by atoms with E-state index in [0.29, 0.717) is 13.0 Å². The van der Waals surface area contributed by atoms with Crippen molar-refractivity contribution in [3.05, 3.63) is 35.9 Å². The van der Waals surface area contributed by atoms with Crippen LogP contribution >= 0.6 is 0 Å². The van der Waals surface area contributed by atoms with Gasteiger partial charge in [-0.15, -0.1) is 0 Å². The summed E-state index contributed by atoms with van der Waals surface area (Å²) < 4.78 is 5.18. The first kappa shape index (κ1) is 11.6. The Morgan fingerprint density at radius 3 is 2.72 bits per heavy atom. The summed E-state index contributed by atoms with van der Waals surface area (Å²) >= 11 is 0. The van der Waals surface area contributed by atoms with Gasteiger partial charge >= 0.3 is 0 Å². The Balaban J connectivity index is 1.81. The van der Waals surface area contributed by atoms with Crippen molar-refractivity contribution in [2.45, 2.75) is 37.5 Å². The molecule has 0 spiro atoms. The number of benzene rings is 1. The lowest BCUT2D eigenvalue weighted by Gasteiger charge is -2.22. The smallest absolute Gasteiger partial charge is 0.254 e. The number of aliphatic hydroxyl groups is 2. The largest absolute Gasteiger partial charge is 0.380 e. The second kappa shape index (κ2) is 4.35. The van der Waals surface area contributed by atoms with Gasteiger partial charge in [0.15, 0.2) is 12.4 Å². The maximum absolute atomic E-state index is 11.9. The van der Waals surface area contributed by atoms with Crippen LogP contribution in [-0.4, -0.2) is 45.6 Å². The normalized spacial score (nSPS) is 35.0. The molecule has 1 unspecified atom stereocenters. The van der Waals surface area contributed by atoms with Crippen molar-refractivity contribution in [2.75, 3.05) is 0 Å². The number of nitrogens with zero attached hydrogens (tertiary/aromatic N) is 1. The third-order valence-corrected chi connectivity index (χ3v) is 3.58. The number of fused-ring (bicyclic) bond motifs is 1. The summed E-state index contributed by atoms with van der Waals surface area (Å²) in [5.41, 5.74) is 1.00. The van der Waals surface area contributed by atoms with Gasteiger partial charge in [0.2, 0.25) is 0 Å². The Hall–Kier alpha value is -1.43. The molecule has 4 atom stereocenters. The molecule has 5 heteroatoms. The first-order chi connectivity index (χ1) is 8.66. The molecule has 18 heavy (non-hydrogen) atoms. The molecule has 1 aromatic carbocycles. The lowest BCUT2D eigenvalue weighted by molar-refractivity contribution is -0.146. The summed E-state index contributed by atoms with van der Waals surface area (Å²) in [7, 11) is 0. The second-order valence-corrected chi connectivity index (χ2v) is 4.75. The van der Waals surface area contributed by atoms with Crippen LogP contribution in [0.4, 0.5) is 0 Å². The standard InChI is InChI=1S/C13H15NO4/c15-10-6-9-12(18-10)11(16)13(17)14(9)7-8-4-2-1-3-5-8/h1-5,9-12,15-16H,6-7H2/t9-,10?,11-,12+/m1/s1. The number of carbonyl (C=O) groups is 1. The Labute approximate surface area is 105 Å². The SMILES string of the molecule is O=C1[C@H](O)[C@H]2OC(O)C[C@H]2N1Cc1ccccc1. The highest BCUT2D eigenvalue weighted by Gasteiger charge is 2.53. The Bertz CT molecular complexity index is 450. The minimum atomic E-state index is -1.16. The van der Waals surface area contributed by atoms with E-state index in [0.717, 1.165) is 5.56 Å². The average molecular weight is 249 g/mol. The molecule has 0 saturated carbocycles. The molecular formula is C13H15NO4. The summed E-state index contributed by atoms with van der Waals surface area (Å²) in [6.45, 7) is 0.438. The highest BCUT2D eigenvalue weighted by Crippen LogP contribution is 2.34. The Morgan fingerprint density at radius 1 is 1.28 bits per heavy atom. The average Bonchev–Trinajstić information content (AvgIpc) is 2.85. The lowest BCUT2D eigenvalue weighted by atomic mass is 10.1. The highest BCUT2D eigenvalue weighted by molar-refractivity contribution is 5.84. The number of amides is 1. The van der Waals surface area contributed by atoms with Crippen LogP contribution in [0, 0.1) is 0 Å². The van der Waals surface area contributed by atoms with Gasteiger partial charge in [-0.3, -0.25) is 4.79 Å². The number of hydrogen-bond donors (Lipinski definition) is 2. The predicted molar refractivity (Wildman–Crippen MR) is 62.3 cm³/mol. The van der Waals surface area contributed by atoms with Gasteiger partial charge in [-0.2, -0.15) is 0 Å². The topological polar surface area (TPSA) is 70.0 Å². The van der Waals surface area contributed by atoms with E-state index in [4.69, 9.17) is 4.74 Å². The number of ether oxygens (including phenoxy) is 1. The van der Waals surface area contributed by atoms with Crippen molar-refractivity contribution in [2.24, 2.45) is 0 Å². The number of likely N-dealkylation sites (tertiary alicyclic amines) is 1. The molecule has 0 aliphatic carbocycles. The van der Waals surface area contributed by atoms with Gasteiger partial charge in [0.1, 0.15) is 6.10 Å². The maximum Gasteiger partial charge on any atom is 0.254 e. The first-order valence-electron chi connectivity index (χ1n) is 6.03. The van der Waals surface area contributed by atoms with Crippen molar-refractivity contribution in [1.29, 1.82) is 0 Å². The molecule has 0 bridgehead atoms. The molecule has 2 aliphatic rings. The van der Waals surface area contributed by atoms with Gasteiger partial charge in [-0.25, -0.2) is 0 Å². The van der Waals surface area contributed by atoms with Crippen LogP contribution in [0.1, 0.15) is 12.0 Å². The third-order valence-electron chi connectivity index (χ3n) is 3.58. The van der Waals surface area contributed by atoms with Crippen molar-refractivity contribution in [3.63, 3.8) is 0 Å². The molecule has 3 rings (SSSR count). The maximum atomic E-state index is 11.9. The van der Waals surface area contributed by atoms with Crippen molar-refractivity contribution in [1.82, 2.24) is 4.90 Å². The summed E-state index contributed by atoms with van der Waals surface area (Å²) in [6, 6.07) is 9.35.